The first-order valence-corrected chi connectivity index (χ1v) is 5.51. The third-order valence-electron chi connectivity index (χ3n) is 4.01. The van der Waals surface area contributed by atoms with E-state index in [4.69, 9.17) is 0 Å². The van der Waals surface area contributed by atoms with E-state index in [9.17, 15) is 5.11 Å². The van der Waals surface area contributed by atoms with Crippen LogP contribution < -0.4 is 0 Å². The second kappa shape index (κ2) is 2.83. The van der Waals surface area contributed by atoms with E-state index in [0.29, 0.717) is 12.0 Å². The minimum absolute atomic E-state index is 0.334. The molecule has 0 saturated heterocycles. The molecule has 14 heavy (non-hydrogen) atoms. The monoisotopic (exact) mass is 188 g/mol. The fourth-order valence-corrected chi connectivity index (χ4v) is 2.75. The molecule has 2 saturated carbocycles. The molecule has 2 fully saturated rings. The quantitative estimate of drug-likeness (QED) is 0.773. The summed E-state index contributed by atoms with van der Waals surface area (Å²) >= 11 is 0. The topological polar surface area (TPSA) is 20.2 Å². The lowest BCUT2D eigenvalue weighted by Crippen LogP contribution is -2.09. The third-order valence-corrected chi connectivity index (χ3v) is 4.01. The molecule has 0 aliphatic heterocycles. The predicted octanol–water partition coefficient (Wildman–Crippen LogP) is 2.56. The Kier molecular flexibility index (Phi) is 1.72. The van der Waals surface area contributed by atoms with Crippen molar-refractivity contribution in [2.45, 2.75) is 25.2 Å². The van der Waals surface area contributed by atoms with Crippen molar-refractivity contribution in [1.82, 2.24) is 0 Å². The summed E-state index contributed by atoms with van der Waals surface area (Å²) in [7, 11) is 0. The van der Waals surface area contributed by atoms with Crippen LogP contribution in [0.15, 0.2) is 30.3 Å². The minimum atomic E-state index is 0.334. The first-order valence-electron chi connectivity index (χ1n) is 5.51. The Morgan fingerprint density at radius 3 is 2.50 bits per heavy atom. The summed E-state index contributed by atoms with van der Waals surface area (Å²) in [6.07, 6.45) is 3.79. The zero-order chi connectivity index (χ0) is 9.60. The highest BCUT2D eigenvalue weighted by Gasteiger charge is 2.58. The van der Waals surface area contributed by atoms with Gasteiger partial charge in [0.1, 0.15) is 0 Å². The number of hydrogen-bond acceptors (Lipinski definition) is 1. The smallest absolute Gasteiger partial charge is 0.0490 e. The molecule has 0 bridgehead atoms. The van der Waals surface area contributed by atoms with Gasteiger partial charge in [0, 0.05) is 6.61 Å². The van der Waals surface area contributed by atoms with Gasteiger partial charge < -0.3 is 5.11 Å². The van der Waals surface area contributed by atoms with Crippen LogP contribution in [0, 0.1) is 11.3 Å². The minimum Gasteiger partial charge on any atom is -0.396 e. The SMILES string of the molecule is OCC1(C2CC2c2ccccc2)CC1. The maximum Gasteiger partial charge on any atom is 0.0490 e. The highest BCUT2D eigenvalue weighted by Crippen LogP contribution is 2.67. The molecule has 2 aliphatic carbocycles. The molecule has 0 spiro atoms. The Morgan fingerprint density at radius 2 is 1.93 bits per heavy atom. The van der Waals surface area contributed by atoms with E-state index in [2.05, 4.69) is 30.3 Å². The van der Waals surface area contributed by atoms with Gasteiger partial charge in [0.2, 0.25) is 0 Å². The number of aliphatic hydroxyl groups is 1. The van der Waals surface area contributed by atoms with Gasteiger partial charge in [0.15, 0.2) is 0 Å². The van der Waals surface area contributed by atoms with E-state index >= 15 is 0 Å². The number of benzene rings is 1. The molecule has 1 heteroatoms. The van der Waals surface area contributed by atoms with Crippen LogP contribution in [0.5, 0.6) is 0 Å². The lowest BCUT2D eigenvalue weighted by Gasteiger charge is -2.10. The molecular formula is C13H16O. The third kappa shape index (κ3) is 1.19. The van der Waals surface area contributed by atoms with Crippen LogP contribution in [0.3, 0.4) is 0 Å². The predicted molar refractivity (Wildman–Crippen MR) is 56.0 cm³/mol. The van der Waals surface area contributed by atoms with Crippen molar-refractivity contribution in [1.29, 1.82) is 0 Å². The second-order valence-corrected chi connectivity index (χ2v) is 4.88. The summed E-state index contributed by atoms with van der Waals surface area (Å²) < 4.78 is 0. The molecule has 2 unspecified atom stereocenters. The van der Waals surface area contributed by atoms with E-state index in [1.54, 1.807) is 0 Å². The van der Waals surface area contributed by atoms with Crippen LogP contribution >= 0.6 is 0 Å². The maximum atomic E-state index is 9.33. The van der Waals surface area contributed by atoms with Gasteiger partial charge in [-0.1, -0.05) is 30.3 Å². The molecule has 0 radical (unpaired) electrons. The van der Waals surface area contributed by atoms with Gasteiger partial charge in [0.05, 0.1) is 0 Å². The van der Waals surface area contributed by atoms with Crippen LogP contribution in [0.25, 0.3) is 0 Å². The Hall–Kier alpha value is -0.820. The van der Waals surface area contributed by atoms with Crippen LogP contribution in [-0.2, 0) is 0 Å². The summed E-state index contributed by atoms with van der Waals surface area (Å²) in [5.74, 6) is 1.51. The van der Waals surface area contributed by atoms with Crippen molar-refractivity contribution in [2.24, 2.45) is 11.3 Å². The Labute approximate surface area is 84.8 Å². The molecular weight excluding hydrogens is 172 g/mol. The average molecular weight is 188 g/mol. The second-order valence-electron chi connectivity index (χ2n) is 4.88. The molecule has 1 N–H and O–H groups in total. The zero-order valence-corrected chi connectivity index (χ0v) is 8.32. The largest absolute Gasteiger partial charge is 0.396 e. The summed E-state index contributed by atoms with van der Waals surface area (Å²) in [4.78, 5) is 0. The van der Waals surface area contributed by atoms with Crippen LogP contribution in [0.2, 0.25) is 0 Å². The van der Waals surface area contributed by atoms with Crippen molar-refractivity contribution in [2.75, 3.05) is 6.61 Å². The highest BCUT2D eigenvalue weighted by molar-refractivity contribution is 5.28. The molecule has 1 aromatic rings. The molecule has 3 rings (SSSR count). The molecule has 0 aromatic heterocycles. The van der Waals surface area contributed by atoms with E-state index in [-0.39, 0.29) is 0 Å². The van der Waals surface area contributed by atoms with Crippen molar-refractivity contribution in [3.8, 4) is 0 Å². The summed E-state index contributed by atoms with van der Waals surface area (Å²) in [6, 6.07) is 10.7. The van der Waals surface area contributed by atoms with Crippen LogP contribution in [0.4, 0.5) is 0 Å². The molecule has 0 amide bonds. The van der Waals surface area contributed by atoms with Gasteiger partial charge in [-0.3, -0.25) is 0 Å². The Bertz CT molecular complexity index is 326. The first-order chi connectivity index (χ1) is 6.86. The van der Waals surface area contributed by atoms with Gasteiger partial charge in [-0.05, 0) is 42.1 Å². The van der Waals surface area contributed by atoms with E-state index in [1.807, 2.05) is 0 Å². The normalized spacial score (nSPS) is 32.6. The lowest BCUT2D eigenvalue weighted by atomic mass is 9.97. The van der Waals surface area contributed by atoms with Crippen molar-refractivity contribution < 1.29 is 5.11 Å². The highest BCUT2D eigenvalue weighted by atomic mass is 16.3. The molecule has 2 atom stereocenters. The summed E-state index contributed by atoms with van der Waals surface area (Å²) in [6.45, 7) is 0.404. The van der Waals surface area contributed by atoms with Crippen LogP contribution in [0.1, 0.15) is 30.7 Å². The zero-order valence-electron chi connectivity index (χ0n) is 8.32. The molecule has 2 aliphatic rings. The summed E-state index contributed by atoms with van der Waals surface area (Å²) in [5.41, 5.74) is 1.80. The van der Waals surface area contributed by atoms with Crippen LogP contribution in [-0.4, -0.2) is 11.7 Å². The van der Waals surface area contributed by atoms with E-state index in [1.165, 1.54) is 24.8 Å². The summed E-state index contributed by atoms with van der Waals surface area (Å²) in [5, 5.41) is 9.33. The Morgan fingerprint density at radius 1 is 1.21 bits per heavy atom. The number of hydrogen-bond donors (Lipinski definition) is 1. The van der Waals surface area contributed by atoms with Gasteiger partial charge in [-0.2, -0.15) is 0 Å². The fourth-order valence-electron chi connectivity index (χ4n) is 2.75. The van der Waals surface area contributed by atoms with Gasteiger partial charge in [-0.15, -0.1) is 0 Å². The Balaban J connectivity index is 1.75. The van der Waals surface area contributed by atoms with Gasteiger partial charge in [0.25, 0.3) is 0 Å². The molecule has 0 heterocycles. The standard InChI is InChI=1S/C13H16O/c14-9-13(6-7-13)12-8-11(12)10-4-2-1-3-5-10/h1-5,11-12,14H,6-9H2. The molecule has 1 nitrogen and oxygen atoms in total. The van der Waals surface area contributed by atoms with Crippen molar-refractivity contribution >= 4 is 0 Å². The van der Waals surface area contributed by atoms with Crippen molar-refractivity contribution in [3.05, 3.63) is 35.9 Å². The van der Waals surface area contributed by atoms with Crippen molar-refractivity contribution in [3.63, 3.8) is 0 Å². The average Bonchev–Trinajstić information content (AvgIpc) is 3.12. The maximum absolute atomic E-state index is 9.33. The van der Waals surface area contributed by atoms with E-state index in [0.717, 1.165) is 11.8 Å². The van der Waals surface area contributed by atoms with E-state index < -0.39 is 0 Å². The number of rotatable bonds is 3. The molecule has 1 aromatic carbocycles. The lowest BCUT2D eigenvalue weighted by molar-refractivity contribution is 0.191. The number of aliphatic hydroxyl groups excluding tert-OH is 1. The first kappa shape index (κ1) is 8.49. The van der Waals surface area contributed by atoms with Gasteiger partial charge >= 0.3 is 0 Å². The fraction of sp³-hybridized carbons (Fsp3) is 0.538. The molecule has 74 valence electrons. The van der Waals surface area contributed by atoms with Gasteiger partial charge in [-0.25, -0.2) is 0 Å².